The molecule has 4 nitrogen and oxygen atoms in total. The van der Waals surface area contributed by atoms with E-state index in [9.17, 15) is 9.90 Å². The highest BCUT2D eigenvalue weighted by Crippen LogP contribution is 2.32. The summed E-state index contributed by atoms with van der Waals surface area (Å²) in [7, 11) is 0. The third-order valence-electron chi connectivity index (χ3n) is 3.82. The first kappa shape index (κ1) is 16.8. The number of halogens is 3. The molecule has 7 heteroatoms. The smallest absolute Gasteiger partial charge is 0.238 e. The number of anilines is 1. The number of aliphatic hydroxyl groups excluding tert-OH is 1. The van der Waals surface area contributed by atoms with Crippen LogP contribution in [0.3, 0.4) is 0 Å². The Morgan fingerprint density at radius 3 is 2.67 bits per heavy atom. The summed E-state index contributed by atoms with van der Waals surface area (Å²) in [6, 6.07) is 3.05. The monoisotopic (exact) mass is 350 g/mol. The Morgan fingerprint density at radius 1 is 1.33 bits per heavy atom. The van der Waals surface area contributed by atoms with E-state index in [2.05, 4.69) is 12.2 Å². The van der Waals surface area contributed by atoms with Crippen molar-refractivity contribution in [3.8, 4) is 0 Å². The number of nitrogens with one attached hydrogen (secondary N) is 1. The van der Waals surface area contributed by atoms with Crippen molar-refractivity contribution in [2.24, 2.45) is 5.92 Å². The van der Waals surface area contributed by atoms with Crippen molar-refractivity contribution in [3.63, 3.8) is 0 Å². The molecule has 0 aliphatic carbocycles. The van der Waals surface area contributed by atoms with E-state index < -0.39 is 0 Å². The van der Waals surface area contributed by atoms with E-state index in [1.165, 1.54) is 12.1 Å². The molecular weight excluding hydrogens is 335 g/mol. The molecule has 0 saturated carbocycles. The Bertz CT molecular complexity index is 539. The van der Waals surface area contributed by atoms with Gasteiger partial charge in [0.25, 0.3) is 0 Å². The summed E-state index contributed by atoms with van der Waals surface area (Å²) >= 11 is 17.8. The number of hydrogen-bond donors (Lipinski definition) is 2. The van der Waals surface area contributed by atoms with Crippen molar-refractivity contribution < 1.29 is 9.90 Å². The van der Waals surface area contributed by atoms with Crippen LogP contribution >= 0.6 is 34.8 Å². The zero-order valence-corrected chi connectivity index (χ0v) is 13.8. The molecule has 1 saturated heterocycles. The van der Waals surface area contributed by atoms with E-state index in [-0.39, 0.29) is 25.1 Å². The molecule has 0 aromatic heterocycles. The lowest BCUT2D eigenvalue weighted by Gasteiger charge is -2.24. The van der Waals surface area contributed by atoms with Gasteiger partial charge in [-0.3, -0.25) is 9.69 Å². The van der Waals surface area contributed by atoms with Crippen LogP contribution < -0.4 is 5.32 Å². The van der Waals surface area contributed by atoms with Crippen LogP contribution in [0.25, 0.3) is 0 Å². The van der Waals surface area contributed by atoms with Gasteiger partial charge >= 0.3 is 0 Å². The molecule has 0 radical (unpaired) electrons. The fraction of sp³-hybridized carbons (Fsp3) is 0.500. The predicted octanol–water partition coefficient (Wildman–Crippen LogP) is 3.29. The number of amides is 1. The second-order valence-corrected chi connectivity index (χ2v) is 6.50. The Balaban J connectivity index is 2.01. The molecule has 2 atom stereocenters. The summed E-state index contributed by atoms with van der Waals surface area (Å²) in [6.45, 7) is 3.15. The SMILES string of the molecule is CC1CCN(CC(=O)Nc2cc(Cl)c(Cl)cc2Cl)C1CO. The molecule has 1 aliphatic heterocycles. The van der Waals surface area contributed by atoms with E-state index in [0.717, 1.165) is 13.0 Å². The Morgan fingerprint density at radius 2 is 2.00 bits per heavy atom. The van der Waals surface area contributed by atoms with Gasteiger partial charge in [-0.25, -0.2) is 0 Å². The zero-order valence-electron chi connectivity index (χ0n) is 11.6. The molecule has 0 bridgehead atoms. The summed E-state index contributed by atoms with van der Waals surface area (Å²) < 4.78 is 0. The summed E-state index contributed by atoms with van der Waals surface area (Å²) in [6.07, 6.45) is 0.978. The molecule has 1 fully saturated rings. The fourth-order valence-electron chi connectivity index (χ4n) is 2.57. The molecule has 1 aromatic rings. The second kappa shape index (κ2) is 7.16. The van der Waals surface area contributed by atoms with Crippen LogP contribution in [0.15, 0.2) is 12.1 Å². The Hall–Kier alpha value is -0.520. The van der Waals surface area contributed by atoms with E-state index in [1.807, 2.05) is 4.90 Å². The first-order chi connectivity index (χ1) is 9.92. The molecule has 1 heterocycles. The molecule has 2 rings (SSSR count). The third kappa shape index (κ3) is 4.02. The van der Waals surface area contributed by atoms with E-state index in [4.69, 9.17) is 34.8 Å². The van der Waals surface area contributed by atoms with Crippen molar-refractivity contribution >= 4 is 46.4 Å². The first-order valence-electron chi connectivity index (χ1n) is 6.71. The van der Waals surface area contributed by atoms with Gasteiger partial charge in [0.05, 0.1) is 33.9 Å². The zero-order chi connectivity index (χ0) is 15.6. The van der Waals surface area contributed by atoms with Crippen LogP contribution in [0.5, 0.6) is 0 Å². The molecule has 1 aliphatic rings. The van der Waals surface area contributed by atoms with Crippen molar-refractivity contribution in [2.45, 2.75) is 19.4 Å². The number of carbonyl (C=O) groups is 1. The number of hydrogen-bond acceptors (Lipinski definition) is 3. The first-order valence-corrected chi connectivity index (χ1v) is 7.85. The van der Waals surface area contributed by atoms with Crippen molar-refractivity contribution in [1.29, 1.82) is 0 Å². The number of benzene rings is 1. The lowest BCUT2D eigenvalue weighted by Crippen LogP contribution is -2.40. The number of rotatable bonds is 4. The van der Waals surface area contributed by atoms with Gasteiger partial charge in [0.1, 0.15) is 0 Å². The summed E-state index contributed by atoms with van der Waals surface area (Å²) in [5.41, 5.74) is 0.434. The minimum absolute atomic E-state index is 0.0278. The topological polar surface area (TPSA) is 52.6 Å². The van der Waals surface area contributed by atoms with Crippen LogP contribution in [0.4, 0.5) is 5.69 Å². The van der Waals surface area contributed by atoms with Gasteiger partial charge in [0.2, 0.25) is 5.91 Å². The average Bonchev–Trinajstić information content (AvgIpc) is 2.76. The maximum absolute atomic E-state index is 12.1. The van der Waals surface area contributed by atoms with Gasteiger partial charge < -0.3 is 10.4 Å². The molecule has 1 amide bonds. The minimum Gasteiger partial charge on any atom is -0.395 e. The van der Waals surface area contributed by atoms with Gasteiger partial charge in [-0.2, -0.15) is 0 Å². The van der Waals surface area contributed by atoms with E-state index in [0.29, 0.717) is 26.7 Å². The van der Waals surface area contributed by atoms with Gasteiger partial charge in [-0.05, 0) is 31.0 Å². The van der Waals surface area contributed by atoms with Crippen LogP contribution in [0.1, 0.15) is 13.3 Å². The summed E-state index contributed by atoms with van der Waals surface area (Å²) in [4.78, 5) is 14.1. The molecule has 1 aromatic carbocycles. The van der Waals surface area contributed by atoms with Crippen LogP contribution in [-0.4, -0.2) is 41.7 Å². The molecular formula is C14H17Cl3N2O2. The molecule has 0 spiro atoms. The summed E-state index contributed by atoms with van der Waals surface area (Å²) in [5, 5.41) is 13.1. The second-order valence-electron chi connectivity index (χ2n) is 5.28. The molecule has 116 valence electrons. The van der Waals surface area contributed by atoms with Crippen LogP contribution in [-0.2, 0) is 4.79 Å². The minimum atomic E-state index is -0.192. The van der Waals surface area contributed by atoms with E-state index in [1.54, 1.807) is 0 Å². The van der Waals surface area contributed by atoms with Gasteiger partial charge in [-0.15, -0.1) is 0 Å². The van der Waals surface area contributed by atoms with Gasteiger partial charge in [0, 0.05) is 6.04 Å². The van der Waals surface area contributed by atoms with Gasteiger partial charge in [0.15, 0.2) is 0 Å². The number of likely N-dealkylation sites (tertiary alicyclic amines) is 1. The Labute approximate surface area is 139 Å². The number of aliphatic hydroxyl groups is 1. The largest absolute Gasteiger partial charge is 0.395 e. The quantitative estimate of drug-likeness (QED) is 0.819. The number of nitrogens with zero attached hydrogens (tertiary/aromatic N) is 1. The highest BCUT2D eigenvalue weighted by molar-refractivity contribution is 6.44. The fourth-order valence-corrected chi connectivity index (χ4v) is 3.17. The predicted molar refractivity (Wildman–Crippen MR) is 86.3 cm³/mol. The highest BCUT2D eigenvalue weighted by Gasteiger charge is 2.31. The normalized spacial score (nSPS) is 22.5. The van der Waals surface area contributed by atoms with Crippen molar-refractivity contribution in [1.82, 2.24) is 4.90 Å². The van der Waals surface area contributed by atoms with Crippen LogP contribution in [0.2, 0.25) is 15.1 Å². The average molecular weight is 352 g/mol. The summed E-state index contributed by atoms with van der Waals surface area (Å²) in [5.74, 6) is 0.194. The maximum atomic E-state index is 12.1. The standard InChI is InChI=1S/C14H17Cl3N2O2/c1-8-2-3-19(13(8)7-20)6-14(21)18-12-5-10(16)9(15)4-11(12)17/h4-5,8,13,20H,2-3,6-7H2,1H3,(H,18,21). The lowest BCUT2D eigenvalue weighted by molar-refractivity contribution is -0.117. The Kier molecular flexibility index (Phi) is 5.74. The lowest BCUT2D eigenvalue weighted by atomic mass is 10.0. The molecule has 2 unspecified atom stereocenters. The van der Waals surface area contributed by atoms with E-state index >= 15 is 0 Å². The van der Waals surface area contributed by atoms with Gasteiger partial charge in [-0.1, -0.05) is 41.7 Å². The maximum Gasteiger partial charge on any atom is 0.238 e. The van der Waals surface area contributed by atoms with Crippen LogP contribution in [0, 0.1) is 5.92 Å². The van der Waals surface area contributed by atoms with Crippen molar-refractivity contribution in [2.75, 3.05) is 25.0 Å². The van der Waals surface area contributed by atoms with Crippen molar-refractivity contribution in [3.05, 3.63) is 27.2 Å². The molecule has 2 N–H and O–H groups in total. The highest BCUT2D eigenvalue weighted by atomic mass is 35.5. The third-order valence-corrected chi connectivity index (χ3v) is 4.85. The number of carbonyl (C=O) groups excluding carboxylic acids is 1. The molecule has 21 heavy (non-hydrogen) atoms.